The molecule has 0 saturated heterocycles. The number of fused-ring (bicyclic) bond motifs is 1. The number of rotatable bonds is 2. The predicted octanol–water partition coefficient (Wildman–Crippen LogP) is 3.50. The number of benzene rings is 2. The molecule has 0 bridgehead atoms. The summed E-state index contributed by atoms with van der Waals surface area (Å²) in [5.41, 5.74) is 3.58. The van der Waals surface area contributed by atoms with Gasteiger partial charge in [0.25, 0.3) is 0 Å². The SMILES string of the molecule is Cc1ccc(F)cc1NC1CCc2ccccc2NC1=O. The monoisotopic (exact) mass is 284 g/mol. The maximum absolute atomic E-state index is 13.4. The number of para-hydroxylation sites is 1. The van der Waals surface area contributed by atoms with Gasteiger partial charge >= 0.3 is 0 Å². The van der Waals surface area contributed by atoms with Crippen molar-refractivity contribution < 1.29 is 9.18 Å². The van der Waals surface area contributed by atoms with Gasteiger partial charge in [-0.1, -0.05) is 24.3 Å². The van der Waals surface area contributed by atoms with Crippen LogP contribution >= 0.6 is 0 Å². The molecule has 0 saturated carbocycles. The molecule has 1 aliphatic rings. The molecule has 1 amide bonds. The number of amides is 1. The van der Waals surface area contributed by atoms with Crippen LogP contribution in [0.15, 0.2) is 42.5 Å². The van der Waals surface area contributed by atoms with Gasteiger partial charge in [0, 0.05) is 11.4 Å². The third-order valence-corrected chi connectivity index (χ3v) is 3.82. The van der Waals surface area contributed by atoms with Crippen LogP contribution in [0.5, 0.6) is 0 Å². The van der Waals surface area contributed by atoms with Crippen molar-refractivity contribution in [2.75, 3.05) is 10.6 Å². The van der Waals surface area contributed by atoms with Gasteiger partial charge in [-0.05, 0) is 49.1 Å². The smallest absolute Gasteiger partial charge is 0.246 e. The first kappa shape index (κ1) is 13.6. The Hall–Kier alpha value is -2.36. The highest BCUT2D eigenvalue weighted by atomic mass is 19.1. The van der Waals surface area contributed by atoms with E-state index in [4.69, 9.17) is 0 Å². The maximum Gasteiger partial charge on any atom is 0.246 e. The van der Waals surface area contributed by atoms with E-state index >= 15 is 0 Å². The van der Waals surface area contributed by atoms with Crippen molar-refractivity contribution in [3.05, 3.63) is 59.4 Å². The molecule has 0 aromatic heterocycles. The van der Waals surface area contributed by atoms with Crippen LogP contribution in [0.2, 0.25) is 0 Å². The van der Waals surface area contributed by atoms with E-state index in [1.165, 1.54) is 12.1 Å². The number of hydrogen-bond acceptors (Lipinski definition) is 2. The van der Waals surface area contributed by atoms with E-state index in [1.54, 1.807) is 6.07 Å². The number of anilines is 2. The number of nitrogens with one attached hydrogen (secondary N) is 2. The van der Waals surface area contributed by atoms with E-state index in [2.05, 4.69) is 10.6 Å². The van der Waals surface area contributed by atoms with Crippen molar-refractivity contribution >= 4 is 17.3 Å². The summed E-state index contributed by atoms with van der Waals surface area (Å²) in [7, 11) is 0. The van der Waals surface area contributed by atoms with Gasteiger partial charge < -0.3 is 10.6 Å². The van der Waals surface area contributed by atoms with Crippen molar-refractivity contribution in [2.45, 2.75) is 25.8 Å². The molecule has 3 nitrogen and oxygen atoms in total. The molecule has 1 heterocycles. The average molecular weight is 284 g/mol. The molecule has 1 atom stereocenters. The van der Waals surface area contributed by atoms with Gasteiger partial charge in [0.2, 0.25) is 5.91 Å². The van der Waals surface area contributed by atoms with Gasteiger partial charge in [-0.15, -0.1) is 0 Å². The van der Waals surface area contributed by atoms with Crippen molar-refractivity contribution in [3.63, 3.8) is 0 Å². The molecule has 0 radical (unpaired) electrons. The van der Waals surface area contributed by atoms with Gasteiger partial charge in [-0.2, -0.15) is 0 Å². The zero-order chi connectivity index (χ0) is 14.8. The Balaban J connectivity index is 1.81. The van der Waals surface area contributed by atoms with E-state index in [1.807, 2.05) is 31.2 Å². The second-order valence-corrected chi connectivity index (χ2v) is 5.34. The minimum Gasteiger partial charge on any atom is -0.373 e. The van der Waals surface area contributed by atoms with E-state index in [0.29, 0.717) is 12.1 Å². The standard InChI is InChI=1S/C17H17FN2O/c1-11-6-8-13(18)10-16(11)19-15-9-7-12-4-2-3-5-14(12)20-17(15)21/h2-6,8,10,15,19H,7,9H2,1H3,(H,20,21). The molecule has 21 heavy (non-hydrogen) atoms. The van der Waals surface area contributed by atoms with Crippen molar-refractivity contribution in [1.82, 2.24) is 0 Å². The zero-order valence-electron chi connectivity index (χ0n) is 11.8. The first-order valence-corrected chi connectivity index (χ1v) is 7.05. The number of carbonyl (C=O) groups excluding carboxylic acids is 1. The van der Waals surface area contributed by atoms with Crippen LogP contribution in [0.1, 0.15) is 17.5 Å². The summed E-state index contributed by atoms with van der Waals surface area (Å²) >= 11 is 0. The first-order chi connectivity index (χ1) is 10.1. The minimum absolute atomic E-state index is 0.0800. The summed E-state index contributed by atoms with van der Waals surface area (Å²) in [5, 5.41) is 6.09. The van der Waals surface area contributed by atoms with Crippen LogP contribution in [0.3, 0.4) is 0 Å². The summed E-state index contributed by atoms with van der Waals surface area (Å²) in [6.07, 6.45) is 1.49. The lowest BCUT2D eigenvalue weighted by Gasteiger charge is -2.18. The molecule has 0 aliphatic carbocycles. The Morgan fingerprint density at radius 3 is 2.90 bits per heavy atom. The van der Waals surface area contributed by atoms with E-state index in [9.17, 15) is 9.18 Å². The summed E-state index contributed by atoms with van der Waals surface area (Å²) < 4.78 is 13.4. The number of carbonyl (C=O) groups is 1. The fraction of sp³-hybridized carbons (Fsp3) is 0.235. The molecular weight excluding hydrogens is 267 g/mol. The lowest BCUT2D eigenvalue weighted by atomic mass is 10.1. The number of hydrogen-bond donors (Lipinski definition) is 2. The Kier molecular flexibility index (Phi) is 3.60. The highest BCUT2D eigenvalue weighted by Gasteiger charge is 2.23. The van der Waals surface area contributed by atoms with Crippen molar-refractivity contribution in [2.24, 2.45) is 0 Å². The molecule has 3 rings (SSSR count). The molecular formula is C17H17FN2O. The summed E-state index contributed by atoms with van der Waals surface area (Å²) in [5.74, 6) is -0.385. The molecule has 1 unspecified atom stereocenters. The summed E-state index contributed by atoms with van der Waals surface area (Å²) in [6.45, 7) is 1.89. The lowest BCUT2D eigenvalue weighted by Crippen LogP contribution is -2.33. The number of aryl methyl sites for hydroxylation is 2. The molecule has 4 heteroatoms. The molecule has 0 spiro atoms. The molecule has 2 aromatic rings. The Labute approximate surface area is 123 Å². The Morgan fingerprint density at radius 2 is 2.05 bits per heavy atom. The van der Waals surface area contributed by atoms with Crippen molar-refractivity contribution in [3.8, 4) is 0 Å². The van der Waals surface area contributed by atoms with Gasteiger partial charge in [0.05, 0.1) is 0 Å². The lowest BCUT2D eigenvalue weighted by molar-refractivity contribution is -0.116. The minimum atomic E-state index is -0.363. The quantitative estimate of drug-likeness (QED) is 0.886. The summed E-state index contributed by atoms with van der Waals surface area (Å²) in [6, 6.07) is 12.0. The Morgan fingerprint density at radius 1 is 1.24 bits per heavy atom. The van der Waals surface area contributed by atoms with E-state index < -0.39 is 0 Å². The second-order valence-electron chi connectivity index (χ2n) is 5.34. The third-order valence-electron chi connectivity index (χ3n) is 3.82. The van der Waals surface area contributed by atoms with Gasteiger partial charge in [-0.3, -0.25) is 4.79 Å². The molecule has 0 fully saturated rings. The van der Waals surface area contributed by atoms with Gasteiger partial charge in [0.15, 0.2) is 0 Å². The Bertz CT molecular complexity index is 684. The second kappa shape index (κ2) is 5.56. The third kappa shape index (κ3) is 2.89. The first-order valence-electron chi connectivity index (χ1n) is 7.05. The largest absolute Gasteiger partial charge is 0.373 e. The van der Waals surface area contributed by atoms with E-state index in [-0.39, 0.29) is 17.8 Å². The van der Waals surface area contributed by atoms with Gasteiger partial charge in [-0.25, -0.2) is 4.39 Å². The number of halogens is 1. The van der Waals surface area contributed by atoms with Crippen LogP contribution < -0.4 is 10.6 Å². The average Bonchev–Trinajstić information content (AvgIpc) is 2.62. The van der Waals surface area contributed by atoms with Crippen LogP contribution in [0, 0.1) is 12.7 Å². The topological polar surface area (TPSA) is 41.1 Å². The molecule has 1 aliphatic heterocycles. The van der Waals surface area contributed by atoms with Gasteiger partial charge in [0.1, 0.15) is 11.9 Å². The fourth-order valence-corrected chi connectivity index (χ4v) is 2.59. The predicted molar refractivity (Wildman–Crippen MR) is 81.9 cm³/mol. The highest BCUT2D eigenvalue weighted by molar-refractivity contribution is 5.98. The maximum atomic E-state index is 13.4. The highest BCUT2D eigenvalue weighted by Crippen LogP contribution is 2.24. The molecule has 108 valence electrons. The zero-order valence-corrected chi connectivity index (χ0v) is 11.8. The van der Waals surface area contributed by atoms with Crippen molar-refractivity contribution in [1.29, 1.82) is 0 Å². The summed E-state index contributed by atoms with van der Waals surface area (Å²) in [4.78, 5) is 12.3. The fourth-order valence-electron chi connectivity index (χ4n) is 2.59. The van der Waals surface area contributed by atoms with E-state index in [0.717, 1.165) is 23.2 Å². The van der Waals surface area contributed by atoms with Crippen LogP contribution in [-0.4, -0.2) is 11.9 Å². The van der Waals surface area contributed by atoms with Crippen LogP contribution in [0.4, 0.5) is 15.8 Å². The molecule has 2 aromatic carbocycles. The molecule has 2 N–H and O–H groups in total. The normalized spacial score (nSPS) is 17.6. The van der Waals surface area contributed by atoms with Crippen LogP contribution in [-0.2, 0) is 11.2 Å². The van der Waals surface area contributed by atoms with Crippen LogP contribution in [0.25, 0.3) is 0 Å².